The van der Waals surface area contributed by atoms with E-state index in [2.05, 4.69) is 158 Å². The van der Waals surface area contributed by atoms with Crippen LogP contribution in [0.1, 0.15) is 25.0 Å². The lowest BCUT2D eigenvalue weighted by molar-refractivity contribution is 0.661. The van der Waals surface area contributed by atoms with Crippen molar-refractivity contribution >= 4 is 55.1 Å². The summed E-state index contributed by atoms with van der Waals surface area (Å²) in [6, 6.07) is 52.4. The molecule has 0 unspecified atom stereocenters. The molecule has 2 aromatic heterocycles. The van der Waals surface area contributed by atoms with Crippen molar-refractivity contribution in [3.63, 3.8) is 0 Å². The fourth-order valence-corrected chi connectivity index (χ4v) is 7.90. The van der Waals surface area contributed by atoms with Crippen LogP contribution in [0.2, 0.25) is 0 Å². The summed E-state index contributed by atoms with van der Waals surface area (Å²) in [6.07, 6.45) is 0. The van der Waals surface area contributed by atoms with E-state index in [9.17, 15) is 0 Å². The highest BCUT2D eigenvalue weighted by atomic mass is 16.3. The van der Waals surface area contributed by atoms with Crippen LogP contribution in [0.4, 0.5) is 11.4 Å². The Morgan fingerprint density at radius 1 is 0.479 bits per heavy atom. The SMILES string of the molecule is CC1(C)c2cc(Nc3ccc(-c4cccc5c4oc4ccccc45)cc3)ccc2-c2ccc(-c3ccc4[nH]c5ccccc5c4c3)cc21. The molecule has 0 spiro atoms. The van der Waals surface area contributed by atoms with Gasteiger partial charge in [0.1, 0.15) is 11.2 Å². The third-order valence-electron chi connectivity index (χ3n) is 10.4. The van der Waals surface area contributed by atoms with Crippen molar-refractivity contribution in [1.29, 1.82) is 0 Å². The predicted octanol–water partition coefficient (Wildman–Crippen LogP) is 12.6. The monoisotopic (exact) mass is 616 g/mol. The van der Waals surface area contributed by atoms with Gasteiger partial charge in [-0.05, 0) is 93.5 Å². The zero-order valence-electron chi connectivity index (χ0n) is 26.8. The van der Waals surface area contributed by atoms with Gasteiger partial charge in [0.15, 0.2) is 0 Å². The van der Waals surface area contributed by atoms with Crippen LogP contribution in [0.3, 0.4) is 0 Å². The molecule has 0 fully saturated rings. The number of furan rings is 1. The number of anilines is 2. The summed E-state index contributed by atoms with van der Waals surface area (Å²) >= 11 is 0. The maximum atomic E-state index is 6.30. The first kappa shape index (κ1) is 27.1. The van der Waals surface area contributed by atoms with Crippen molar-refractivity contribution in [3.8, 4) is 33.4 Å². The van der Waals surface area contributed by atoms with E-state index in [0.29, 0.717) is 0 Å². The maximum absolute atomic E-state index is 6.30. The minimum absolute atomic E-state index is 0.127. The molecule has 3 nitrogen and oxygen atoms in total. The van der Waals surface area contributed by atoms with Crippen LogP contribution in [0, 0.1) is 0 Å². The second kappa shape index (κ2) is 9.97. The topological polar surface area (TPSA) is 41.0 Å². The molecule has 228 valence electrons. The highest BCUT2D eigenvalue weighted by molar-refractivity contribution is 6.10. The number of H-pyrrole nitrogens is 1. The second-order valence-corrected chi connectivity index (χ2v) is 13.6. The summed E-state index contributed by atoms with van der Waals surface area (Å²) in [5.41, 5.74) is 16.3. The third kappa shape index (κ3) is 4.01. The largest absolute Gasteiger partial charge is 0.455 e. The Morgan fingerprint density at radius 2 is 1.12 bits per heavy atom. The molecule has 48 heavy (non-hydrogen) atoms. The van der Waals surface area contributed by atoms with Gasteiger partial charge in [0.25, 0.3) is 0 Å². The van der Waals surface area contributed by atoms with E-state index >= 15 is 0 Å². The summed E-state index contributed by atoms with van der Waals surface area (Å²) in [5.74, 6) is 0. The number of aromatic amines is 1. The average molecular weight is 617 g/mol. The first-order valence-corrected chi connectivity index (χ1v) is 16.6. The van der Waals surface area contributed by atoms with Gasteiger partial charge < -0.3 is 14.7 Å². The number of benzene rings is 7. The lowest BCUT2D eigenvalue weighted by Gasteiger charge is -2.23. The van der Waals surface area contributed by atoms with Crippen LogP contribution in [0.5, 0.6) is 0 Å². The molecule has 1 aliphatic rings. The number of para-hydroxylation sites is 3. The molecule has 0 saturated heterocycles. The number of hydrogen-bond donors (Lipinski definition) is 2. The fourth-order valence-electron chi connectivity index (χ4n) is 7.90. The van der Waals surface area contributed by atoms with Crippen molar-refractivity contribution in [3.05, 3.63) is 157 Å². The molecule has 7 aromatic carbocycles. The fraction of sp³-hybridized carbons (Fsp3) is 0.0667. The van der Waals surface area contributed by atoms with Crippen LogP contribution in [0.15, 0.2) is 150 Å². The summed E-state index contributed by atoms with van der Waals surface area (Å²) in [6.45, 7) is 4.70. The van der Waals surface area contributed by atoms with Gasteiger partial charge in [-0.2, -0.15) is 0 Å². The van der Waals surface area contributed by atoms with Crippen molar-refractivity contribution in [1.82, 2.24) is 4.98 Å². The van der Waals surface area contributed by atoms with Gasteiger partial charge in [0, 0.05) is 54.9 Å². The lowest BCUT2D eigenvalue weighted by Crippen LogP contribution is -2.15. The van der Waals surface area contributed by atoms with Crippen LogP contribution < -0.4 is 5.32 Å². The van der Waals surface area contributed by atoms with E-state index in [4.69, 9.17) is 4.42 Å². The van der Waals surface area contributed by atoms with E-state index in [1.165, 1.54) is 55.2 Å². The van der Waals surface area contributed by atoms with Crippen molar-refractivity contribution in [2.24, 2.45) is 0 Å². The van der Waals surface area contributed by atoms with Crippen molar-refractivity contribution < 1.29 is 4.42 Å². The van der Waals surface area contributed by atoms with E-state index in [-0.39, 0.29) is 5.41 Å². The lowest BCUT2D eigenvalue weighted by atomic mass is 9.81. The molecule has 10 rings (SSSR count). The Kier molecular flexibility index (Phi) is 5.63. The number of aromatic nitrogens is 1. The van der Waals surface area contributed by atoms with Gasteiger partial charge in [0.2, 0.25) is 0 Å². The third-order valence-corrected chi connectivity index (χ3v) is 10.4. The first-order valence-electron chi connectivity index (χ1n) is 16.6. The first-order chi connectivity index (χ1) is 23.5. The molecule has 0 aliphatic heterocycles. The van der Waals surface area contributed by atoms with E-state index < -0.39 is 0 Å². The smallest absolute Gasteiger partial charge is 0.143 e. The zero-order chi connectivity index (χ0) is 32.0. The van der Waals surface area contributed by atoms with Gasteiger partial charge in [0.05, 0.1) is 0 Å². The van der Waals surface area contributed by atoms with E-state index in [0.717, 1.165) is 44.4 Å². The van der Waals surface area contributed by atoms with Gasteiger partial charge >= 0.3 is 0 Å². The molecule has 3 heteroatoms. The second-order valence-electron chi connectivity index (χ2n) is 13.6. The number of hydrogen-bond acceptors (Lipinski definition) is 2. The van der Waals surface area contributed by atoms with Gasteiger partial charge in [-0.15, -0.1) is 0 Å². The quantitative estimate of drug-likeness (QED) is 0.207. The Labute approximate surface area is 278 Å². The Bertz CT molecular complexity index is 2720. The van der Waals surface area contributed by atoms with Crippen molar-refractivity contribution in [2.75, 3.05) is 5.32 Å². The van der Waals surface area contributed by atoms with E-state index in [1.807, 2.05) is 12.1 Å². The predicted molar refractivity (Wildman–Crippen MR) is 201 cm³/mol. The molecule has 1 aliphatic carbocycles. The molecular weight excluding hydrogens is 585 g/mol. The highest BCUT2D eigenvalue weighted by Gasteiger charge is 2.35. The number of rotatable bonds is 4. The van der Waals surface area contributed by atoms with Crippen LogP contribution in [-0.2, 0) is 5.41 Å². The summed E-state index contributed by atoms with van der Waals surface area (Å²) in [4.78, 5) is 3.56. The van der Waals surface area contributed by atoms with Gasteiger partial charge in [-0.1, -0.05) is 105 Å². The Hall–Kier alpha value is -6.06. The van der Waals surface area contributed by atoms with Crippen LogP contribution in [-0.4, -0.2) is 4.98 Å². The minimum atomic E-state index is -0.127. The molecule has 0 amide bonds. The Balaban J connectivity index is 0.950. The average Bonchev–Trinajstić information content (AvgIpc) is 3.76. The molecule has 0 atom stereocenters. The van der Waals surface area contributed by atoms with Gasteiger partial charge in [-0.25, -0.2) is 0 Å². The molecule has 2 heterocycles. The number of nitrogens with one attached hydrogen (secondary N) is 2. The Morgan fingerprint density at radius 3 is 2.00 bits per heavy atom. The summed E-state index contributed by atoms with van der Waals surface area (Å²) in [7, 11) is 0. The molecule has 0 saturated carbocycles. The molecule has 9 aromatic rings. The molecule has 2 N–H and O–H groups in total. The van der Waals surface area contributed by atoms with Gasteiger partial charge in [-0.3, -0.25) is 0 Å². The molecular formula is C45H32N2O. The van der Waals surface area contributed by atoms with Crippen LogP contribution in [0.25, 0.3) is 77.1 Å². The van der Waals surface area contributed by atoms with Crippen LogP contribution >= 0.6 is 0 Å². The minimum Gasteiger partial charge on any atom is -0.455 e. The molecule has 0 radical (unpaired) electrons. The van der Waals surface area contributed by atoms with Crippen molar-refractivity contribution in [2.45, 2.75) is 19.3 Å². The standard InChI is InChI=1S/C45H32N2O/c1-45(2)39-25-29(28-17-23-42-38(24-28)35-8-3-5-12-41(35)47-42)16-21-33(39)34-22-20-31(26-40(34)45)46-30-18-14-27(15-19-30)32-10-7-11-37-36-9-4-6-13-43(36)48-44(32)37/h3-26,46-47H,1-2H3. The highest BCUT2D eigenvalue weighted by Crippen LogP contribution is 2.50. The summed E-state index contributed by atoms with van der Waals surface area (Å²) in [5, 5.41) is 8.50. The maximum Gasteiger partial charge on any atom is 0.143 e. The number of fused-ring (bicyclic) bond motifs is 9. The summed E-state index contributed by atoms with van der Waals surface area (Å²) < 4.78 is 6.30. The zero-order valence-corrected chi connectivity index (χ0v) is 26.8. The van der Waals surface area contributed by atoms with E-state index in [1.54, 1.807) is 0 Å². The molecule has 0 bridgehead atoms. The normalized spacial score (nSPS) is 13.4.